The van der Waals surface area contributed by atoms with Crippen molar-refractivity contribution in [3.63, 3.8) is 0 Å². The highest BCUT2D eigenvalue weighted by Gasteiger charge is 2.19. The van der Waals surface area contributed by atoms with Crippen LogP contribution < -0.4 is 5.32 Å². The first-order chi connectivity index (χ1) is 8.63. The Morgan fingerprint density at radius 3 is 2.94 bits per heavy atom. The molecule has 0 aliphatic carbocycles. The van der Waals surface area contributed by atoms with Gasteiger partial charge in [0, 0.05) is 17.3 Å². The summed E-state index contributed by atoms with van der Waals surface area (Å²) in [6.45, 7) is 0. The Morgan fingerprint density at radius 2 is 2.22 bits per heavy atom. The van der Waals surface area contributed by atoms with Crippen LogP contribution in [-0.2, 0) is 11.2 Å². The quantitative estimate of drug-likeness (QED) is 0.835. The van der Waals surface area contributed by atoms with Crippen LogP contribution in [0.5, 0.6) is 0 Å². The van der Waals surface area contributed by atoms with E-state index in [4.69, 9.17) is 9.63 Å². The molecular formula is C12H8N2O4. The van der Waals surface area contributed by atoms with Gasteiger partial charge in [-0.25, -0.2) is 4.79 Å². The van der Waals surface area contributed by atoms with Gasteiger partial charge in [0.25, 0.3) is 0 Å². The summed E-state index contributed by atoms with van der Waals surface area (Å²) in [5.74, 6) is -0.832. The maximum Gasteiger partial charge on any atom is 0.358 e. The molecule has 6 nitrogen and oxygen atoms in total. The fourth-order valence-electron chi connectivity index (χ4n) is 1.88. The zero-order valence-corrected chi connectivity index (χ0v) is 9.14. The third-order valence-electron chi connectivity index (χ3n) is 2.75. The summed E-state index contributed by atoms with van der Waals surface area (Å²) in [5, 5.41) is 14.9. The number of carbonyl (C=O) groups excluding carboxylic acids is 1. The van der Waals surface area contributed by atoms with E-state index in [0.29, 0.717) is 17.7 Å². The van der Waals surface area contributed by atoms with Gasteiger partial charge in [0.1, 0.15) is 0 Å². The van der Waals surface area contributed by atoms with Crippen LogP contribution in [0, 0.1) is 0 Å². The average molecular weight is 244 g/mol. The van der Waals surface area contributed by atoms with Gasteiger partial charge < -0.3 is 14.9 Å². The van der Waals surface area contributed by atoms with E-state index < -0.39 is 5.97 Å². The molecule has 2 heterocycles. The normalized spacial score (nSPS) is 13.2. The highest BCUT2D eigenvalue weighted by molar-refractivity contribution is 5.99. The lowest BCUT2D eigenvalue weighted by molar-refractivity contribution is -0.115. The molecule has 0 atom stereocenters. The number of carboxylic acids is 1. The maximum atomic E-state index is 11.2. The molecule has 0 bridgehead atoms. The second-order valence-corrected chi connectivity index (χ2v) is 3.98. The van der Waals surface area contributed by atoms with Gasteiger partial charge in [0.2, 0.25) is 5.91 Å². The zero-order valence-electron chi connectivity index (χ0n) is 9.14. The van der Waals surface area contributed by atoms with Gasteiger partial charge in [-0.15, -0.1) is 0 Å². The summed E-state index contributed by atoms with van der Waals surface area (Å²) in [5.41, 5.74) is 2.18. The molecule has 0 saturated carbocycles. The Labute approximate surface area is 101 Å². The molecule has 1 amide bonds. The molecule has 18 heavy (non-hydrogen) atoms. The molecule has 1 aliphatic rings. The van der Waals surface area contributed by atoms with Crippen molar-refractivity contribution in [2.45, 2.75) is 6.42 Å². The van der Waals surface area contributed by atoms with E-state index in [0.717, 1.165) is 11.3 Å². The average Bonchev–Trinajstić information content (AvgIpc) is 2.91. The van der Waals surface area contributed by atoms with Crippen molar-refractivity contribution in [3.8, 4) is 11.3 Å². The van der Waals surface area contributed by atoms with Crippen LogP contribution in [0.1, 0.15) is 16.1 Å². The van der Waals surface area contributed by atoms with Crippen LogP contribution in [0.2, 0.25) is 0 Å². The van der Waals surface area contributed by atoms with Gasteiger partial charge in [-0.2, -0.15) is 0 Å². The van der Waals surface area contributed by atoms with E-state index in [2.05, 4.69) is 10.5 Å². The molecular weight excluding hydrogens is 236 g/mol. The van der Waals surface area contributed by atoms with Crippen LogP contribution in [0.25, 0.3) is 11.3 Å². The molecule has 0 saturated heterocycles. The van der Waals surface area contributed by atoms with E-state index in [-0.39, 0.29) is 11.6 Å². The zero-order chi connectivity index (χ0) is 12.7. The third-order valence-corrected chi connectivity index (χ3v) is 2.75. The Morgan fingerprint density at radius 1 is 1.39 bits per heavy atom. The number of hydrogen-bond acceptors (Lipinski definition) is 4. The van der Waals surface area contributed by atoms with Gasteiger partial charge in [-0.05, 0) is 11.6 Å². The summed E-state index contributed by atoms with van der Waals surface area (Å²) in [7, 11) is 0. The summed E-state index contributed by atoms with van der Waals surface area (Å²) in [6.07, 6.45) is 0.367. The Bertz CT molecular complexity index is 660. The highest BCUT2D eigenvalue weighted by Crippen LogP contribution is 2.29. The number of anilines is 1. The SMILES string of the molecule is O=C1Cc2ccc(-c3cc(C(=O)O)no3)cc2N1. The highest BCUT2D eigenvalue weighted by atomic mass is 16.5. The van der Waals surface area contributed by atoms with Crippen molar-refractivity contribution < 1.29 is 19.2 Å². The molecule has 0 spiro atoms. The predicted octanol–water partition coefficient (Wildman–Crippen LogP) is 1.53. The van der Waals surface area contributed by atoms with Crippen LogP contribution >= 0.6 is 0 Å². The molecule has 6 heteroatoms. The van der Waals surface area contributed by atoms with E-state index in [1.165, 1.54) is 6.07 Å². The largest absolute Gasteiger partial charge is 0.476 e. The maximum absolute atomic E-state index is 11.2. The first-order valence-corrected chi connectivity index (χ1v) is 5.26. The number of benzene rings is 1. The summed E-state index contributed by atoms with van der Waals surface area (Å²) in [6, 6.07) is 6.67. The molecule has 1 aromatic carbocycles. The number of nitrogens with zero attached hydrogens (tertiary/aromatic N) is 1. The van der Waals surface area contributed by atoms with Crippen LogP contribution in [0.4, 0.5) is 5.69 Å². The lowest BCUT2D eigenvalue weighted by Crippen LogP contribution is -2.03. The lowest BCUT2D eigenvalue weighted by Gasteiger charge is -2.00. The van der Waals surface area contributed by atoms with Crippen molar-refractivity contribution in [3.05, 3.63) is 35.5 Å². The van der Waals surface area contributed by atoms with E-state index in [1.807, 2.05) is 6.07 Å². The lowest BCUT2D eigenvalue weighted by atomic mass is 10.1. The van der Waals surface area contributed by atoms with E-state index in [1.54, 1.807) is 12.1 Å². The summed E-state index contributed by atoms with van der Waals surface area (Å²) >= 11 is 0. The first kappa shape index (κ1) is 10.5. The third kappa shape index (κ3) is 1.64. The first-order valence-electron chi connectivity index (χ1n) is 5.26. The second-order valence-electron chi connectivity index (χ2n) is 3.98. The smallest absolute Gasteiger partial charge is 0.358 e. The summed E-state index contributed by atoms with van der Waals surface area (Å²) in [4.78, 5) is 21.9. The number of amides is 1. The number of hydrogen-bond donors (Lipinski definition) is 2. The monoisotopic (exact) mass is 244 g/mol. The van der Waals surface area contributed by atoms with Gasteiger partial charge in [0.05, 0.1) is 6.42 Å². The predicted molar refractivity (Wildman–Crippen MR) is 61.2 cm³/mol. The van der Waals surface area contributed by atoms with Crippen LogP contribution in [-0.4, -0.2) is 22.1 Å². The van der Waals surface area contributed by atoms with Crippen molar-refractivity contribution in [1.82, 2.24) is 5.16 Å². The Hall–Kier alpha value is -2.63. The molecule has 90 valence electrons. The van der Waals surface area contributed by atoms with Gasteiger partial charge in [-0.3, -0.25) is 4.79 Å². The number of aromatic carboxylic acids is 1. The minimum Gasteiger partial charge on any atom is -0.476 e. The number of rotatable bonds is 2. The molecule has 0 unspecified atom stereocenters. The van der Waals surface area contributed by atoms with Crippen LogP contribution in [0.15, 0.2) is 28.8 Å². The fourth-order valence-corrected chi connectivity index (χ4v) is 1.88. The molecule has 1 aromatic heterocycles. The summed E-state index contributed by atoms with van der Waals surface area (Å²) < 4.78 is 4.96. The van der Waals surface area contributed by atoms with Crippen molar-refractivity contribution in [2.24, 2.45) is 0 Å². The number of fused-ring (bicyclic) bond motifs is 1. The van der Waals surface area contributed by atoms with Gasteiger partial charge in [0.15, 0.2) is 11.5 Å². The van der Waals surface area contributed by atoms with E-state index in [9.17, 15) is 9.59 Å². The molecule has 2 N–H and O–H groups in total. The molecule has 2 aromatic rings. The van der Waals surface area contributed by atoms with Gasteiger partial charge >= 0.3 is 5.97 Å². The topological polar surface area (TPSA) is 92.4 Å². The number of carboxylic acid groups (broad SMARTS) is 1. The minimum atomic E-state index is -1.14. The van der Waals surface area contributed by atoms with Crippen molar-refractivity contribution in [1.29, 1.82) is 0 Å². The van der Waals surface area contributed by atoms with Gasteiger partial charge in [-0.1, -0.05) is 17.3 Å². The molecule has 0 radical (unpaired) electrons. The minimum absolute atomic E-state index is 0.0501. The molecule has 0 fully saturated rings. The van der Waals surface area contributed by atoms with Crippen molar-refractivity contribution in [2.75, 3.05) is 5.32 Å². The molecule has 3 rings (SSSR count). The molecule has 1 aliphatic heterocycles. The van der Waals surface area contributed by atoms with Crippen molar-refractivity contribution >= 4 is 17.6 Å². The standard InChI is InChI=1S/C12H8N2O4/c15-11-4-6-1-2-7(3-8(6)13-11)10-5-9(12(16)17)14-18-10/h1-3,5H,4H2,(H,13,15)(H,16,17). The number of aromatic nitrogens is 1. The number of nitrogens with one attached hydrogen (secondary N) is 1. The van der Waals surface area contributed by atoms with E-state index >= 15 is 0 Å². The fraction of sp³-hybridized carbons (Fsp3) is 0.0833. The Kier molecular flexibility index (Phi) is 2.16. The van der Waals surface area contributed by atoms with Crippen LogP contribution in [0.3, 0.4) is 0 Å². The second kappa shape index (κ2) is 3.69. The Balaban J connectivity index is 2.00. The number of carbonyl (C=O) groups is 2.